The zero-order chi connectivity index (χ0) is 12.7. The minimum Gasteiger partial charge on any atom is -0.390 e. The Morgan fingerprint density at radius 3 is 2.82 bits per heavy atom. The van der Waals surface area contributed by atoms with Gasteiger partial charge in [0.15, 0.2) is 0 Å². The fraction of sp³-hybridized carbons (Fsp3) is 0.615. The third-order valence-electron chi connectivity index (χ3n) is 2.91. The van der Waals surface area contributed by atoms with Crippen LogP contribution in [0.15, 0.2) is 18.2 Å². The van der Waals surface area contributed by atoms with Gasteiger partial charge in [0.25, 0.3) is 0 Å². The van der Waals surface area contributed by atoms with E-state index in [1.165, 1.54) is 0 Å². The number of anilines is 1. The maximum absolute atomic E-state index is 9.11. The quantitative estimate of drug-likeness (QED) is 0.787. The van der Waals surface area contributed by atoms with Crippen LogP contribution in [0.1, 0.15) is 26.0 Å². The molecule has 0 aliphatic heterocycles. The van der Waals surface area contributed by atoms with Crippen molar-refractivity contribution in [2.24, 2.45) is 0 Å². The fourth-order valence-electron chi connectivity index (χ4n) is 1.69. The molecule has 4 nitrogen and oxygen atoms in total. The van der Waals surface area contributed by atoms with E-state index < -0.39 is 0 Å². The molecule has 1 heterocycles. The van der Waals surface area contributed by atoms with Gasteiger partial charge >= 0.3 is 0 Å². The molecule has 0 fully saturated rings. The Morgan fingerprint density at radius 2 is 2.24 bits per heavy atom. The van der Waals surface area contributed by atoms with Crippen LogP contribution in [-0.4, -0.2) is 36.4 Å². The van der Waals surface area contributed by atoms with E-state index in [0.717, 1.165) is 18.8 Å². The normalized spacial score (nSPS) is 12.5. The van der Waals surface area contributed by atoms with Gasteiger partial charge in [0.05, 0.1) is 18.9 Å². The van der Waals surface area contributed by atoms with Gasteiger partial charge in [-0.05, 0) is 25.5 Å². The molecule has 17 heavy (non-hydrogen) atoms. The van der Waals surface area contributed by atoms with Crippen LogP contribution in [0.3, 0.4) is 0 Å². The molecule has 1 aromatic rings. The molecule has 0 aliphatic rings. The molecule has 0 radical (unpaired) electrons. The SMILES string of the molecule is CCC(C)N(CCOC)c1cccc(CO)n1. The van der Waals surface area contributed by atoms with Crippen molar-refractivity contribution in [2.75, 3.05) is 25.2 Å². The first-order valence-corrected chi connectivity index (χ1v) is 6.05. The second-order valence-electron chi connectivity index (χ2n) is 4.09. The summed E-state index contributed by atoms with van der Waals surface area (Å²) in [4.78, 5) is 6.64. The van der Waals surface area contributed by atoms with Crippen molar-refractivity contribution < 1.29 is 9.84 Å². The largest absolute Gasteiger partial charge is 0.390 e. The van der Waals surface area contributed by atoms with Gasteiger partial charge < -0.3 is 14.7 Å². The van der Waals surface area contributed by atoms with E-state index in [2.05, 4.69) is 23.7 Å². The zero-order valence-electron chi connectivity index (χ0n) is 10.9. The Morgan fingerprint density at radius 1 is 1.47 bits per heavy atom. The lowest BCUT2D eigenvalue weighted by molar-refractivity contribution is 0.203. The van der Waals surface area contributed by atoms with Crippen molar-refractivity contribution in [3.05, 3.63) is 23.9 Å². The molecule has 0 amide bonds. The molecular formula is C13H22N2O2. The lowest BCUT2D eigenvalue weighted by Crippen LogP contribution is -2.36. The Kier molecular flexibility index (Phi) is 5.94. The van der Waals surface area contributed by atoms with Gasteiger partial charge in [-0.25, -0.2) is 4.98 Å². The number of hydrogen-bond donors (Lipinski definition) is 1. The Labute approximate surface area is 103 Å². The van der Waals surface area contributed by atoms with Crippen molar-refractivity contribution in [1.29, 1.82) is 0 Å². The maximum Gasteiger partial charge on any atom is 0.129 e. The number of nitrogens with zero attached hydrogens (tertiary/aromatic N) is 2. The number of aliphatic hydroxyl groups excluding tert-OH is 1. The standard InChI is InChI=1S/C13H22N2O2/c1-4-11(2)15(8-9-17-3)13-7-5-6-12(10-16)14-13/h5-7,11,16H,4,8-10H2,1-3H3. The highest BCUT2D eigenvalue weighted by Crippen LogP contribution is 2.16. The molecule has 0 aliphatic carbocycles. The van der Waals surface area contributed by atoms with Gasteiger partial charge in [-0.1, -0.05) is 13.0 Å². The molecule has 0 bridgehead atoms. The van der Waals surface area contributed by atoms with Crippen LogP contribution in [0.4, 0.5) is 5.82 Å². The number of rotatable bonds is 7. The predicted molar refractivity (Wildman–Crippen MR) is 69.1 cm³/mol. The minimum absolute atomic E-state index is 0.0214. The second-order valence-corrected chi connectivity index (χ2v) is 4.09. The topological polar surface area (TPSA) is 45.6 Å². The number of pyridine rings is 1. The van der Waals surface area contributed by atoms with E-state index in [0.29, 0.717) is 18.3 Å². The van der Waals surface area contributed by atoms with Gasteiger partial charge in [-0.3, -0.25) is 0 Å². The molecule has 0 spiro atoms. The monoisotopic (exact) mass is 238 g/mol. The highest BCUT2D eigenvalue weighted by atomic mass is 16.5. The molecule has 0 saturated carbocycles. The Bertz CT molecular complexity index is 331. The van der Waals surface area contributed by atoms with Gasteiger partial charge in [0, 0.05) is 19.7 Å². The minimum atomic E-state index is -0.0214. The molecule has 1 unspecified atom stereocenters. The van der Waals surface area contributed by atoms with E-state index in [4.69, 9.17) is 9.84 Å². The van der Waals surface area contributed by atoms with Crippen LogP contribution in [-0.2, 0) is 11.3 Å². The van der Waals surface area contributed by atoms with Crippen molar-refractivity contribution in [3.8, 4) is 0 Å². The Hall–Kier alpha value is -1.13. The van der Waals surface area contributed by atoms with Gasteiger partial charge in [0.1, 0.15) is 5.82 Å². The molecule has 1 atom stereocenters. The summed E-state index contributed by atoms with van der Waals surface area (Å²) in [6.45, 7) is 5.79. The summed E-state index contributed by atoms with van der Waals surface area (Å²) >= 11 is 0. The number of aliphatic hydroxyl groups is 1. The van der Waals surface area contributed by atoms with Crippen molar-refractivity contribution in [3.63, 3.8) is 0 Å². The molecule has 4 heteroatoms. The van der Waals surface area contributed by atoms with Crippen molar-refractivity contribution in [1.82, 2.24) is 4.98 Å². The average Bonchev–Trinajstić information content (AvgIpc) is 2.39. The highest BCUT2D eigenvalue weighted by Gasteiger charge is 2.14. The summed E-state index contributed by atoms with van der Waals surface area (Å²) in [5, 5.41) is 9.11. The van der Waals surface area contributed by atoms with Crippen LogP contribution in [0.2, 0.25) is 0 Å². The molecule has 1 aromatic heterocycles. The van der Waals surface area contributed by atoms with Gasteiger partial charge in [-0.2, -0.15) is 0 Å². The van der Waals surface area contributed by atoms with Crippen LogP contribution in [0.25, 0.3) is 0 Å². The summed E-state index contributed by atoms with van der Waals surface area (Å²) < 4.78 is 5.13. The second kappa shape index (κ2) is 7.25. The molecule has 1 rings (SSSR count). The zero-order valence-corrected chi connectivity index (χ0v) is 10.9. The first-order valence-electron chi connectivity index (χ1n) is 6.05. The van der Waals surface area contributed by atoms with Crippen LogP contribution >= 0.6 is 0 Å². The molecule has 96 valence electrons. The third-order valence-corrected chi connectivity index (χ3v) is 2.91. The summed E-state index contributed by atoms with van der Waals surface area (Å²) in [7, 11) is 1.70. The first-order chi connectivity index (χ1) is 8.22. The number of ether oxygens (including phenoxy) is 1. The van der Waals surface area contributed by atoms with Crippen LogP contribution in [0.5, 0.6) is 0 Å². The van der Waals surface area contributed by atoms with Crippen LogP contribution in [0, 0.1) is 0 Å². The highest BCUT2D eigenvalue weighted by molar-refractivity contribution is 5.40. The average molecular weight is 238 g/mol. The van der Waals surface area contributed by atoms with E-state index in [-0.39, 0.29) is 6.61 Å². The summed E-state index contributed by atoms with van der Waals surface area (Å²) in [6, 6.07) is 6.14. The smallest absolute Gasteiger partial charge is 0.129 e. The van der Waals surface area contributed by atoms with Gasteiger partial charge in [0.2, 0.25) is 0 Å². The summed E-state index contributed by atoms with van der Waals surface area (Å²) in [5.74, 6) is 0.906. The van der Waals surface area contributed by atoms with Crippen molar-refractivity contribution >= 4 is 5.82 Å². The van der Waals surface area contributed by atoms with E-state index in [9.17, 15) is 0 Å². The lowest BCUT2D eigenvalue weighted by atomic mass is 10.2. The molecule has 1 N–H and O–H groups in total. The number of aromatic nitrogens is 1. The maximum atomic E-state index is 9.11. The summed E-state index contributed by atoms with van der Waals surface area (Å²) in [5.41, 5.74) is 0.702. The van der Waals surface area contributed by atoms with Crippen LogP contribution < -0.4 is 4.90 Å². The molecule has 0 saturated heterocycles. The molecular weight excluding hydrogens is 216 g/mol. The van der Waals surface area contributed by atoms with Gasteiger partial charge in [-0.15, -0.1) is 0 Å². The predicted octanol–water partition coefficient (Wildman–Crippen LogP) is 1.83. The third kappa shape index (κ3) is 3.98. The lowest BCUT2D eigenvalue weighted by Gasteiger charge is -2.29. The fourth-order valence-corrected chi connectivity index (χ4v) is 1.69. The first kappa shape index (κ1) is 13.9. The van der Waals surface area contributed by atoms with E-state index in [1.54, 1.807) is 7.11 Å². The molecule has 0 aromatic carbocycles. The number of methoxy groups -OCH3 is 1. The Balaban J connectivity index is 2.86. The van der Waals surface area contributed by atoms with E-state index in [1.807, 2.05) is 18.2 Å². The van der Waals surface area contributed by atoms with E-state index >= 15 is 0 Å². The number of hydrogen-bond acceptors (Lipinski definition) is 4. The summed E-state index contributed by atoms with van der Waals surface area (Å²) in [6.07, 6.45) is 1.05. The van der Waals surface area contributed by atoms with Crippen molar-refractivity contribution in [2.45, 2.75) is 32.9 Å².